The van der Waals surface area contributed by atoms with E-state index in [1.54, 1.807) is 6.07 Å². The molecule has 0 saturated carbocycles. The standard InChI is InChI=1S/C20H19N5O2/c26-16-2-1-3-17-18(16)15(12-20(27-17)8-10-21-11-9-20)13-4-6-14(7-5-13)19-22-24-25-23-19/h1-7,12,21,26H,8-11H2,(H,22,23,24,25). The quantitative estimate of drug-likeness (QED) is 0.649. The molecule has 1 spiro atoms. The van der Waals surface area contributed by atoms with Gasteiger partial charge in [-0.15, -0.1) is 10.2 Å². The van der Waals surface area contributed by atoms with Gasteiger partial charge in [0.05, 0.1) is 5.56 Å². The lowest BCUT2D eigenvalue weighted by Gasteiger charge is -2.40. The SMILES string of the molecule is Oc1cccc2c1C(c1ccc(-c3nn[nH]n3)cc1)=CC1(CCNCC1)O2. The molecule has 0 radical (unpaired) electrons. The molecule has 27 heavy (non-hydrogen) atoms. The first-order chi connectivity index (χ1) is 13.2. The van der Waals surface area contributed by atoms with Crippen LogP contribution >= 0.6 is 0 Å². The van der Waals surface area contributed by atoms with Crippen LogP contribution in [0.3, 0.4) is 0 Å². The second-order valence-corrected chi connectivity index (χ2v) is 6.94. The number of H-pyrrole nitrogens is 1. The van der Waals surface area contributed by atoms with Crippen LogP contribution in [-0.2, 0) is 0 Å². The summed E-state index contributed by atoms with van der Waals surface area (Å²) in [6.45, 7) is 1.82. The van der Waals surface area contributed by atoms with Crippen molar-refractivity contribution >= 4 is 5.57 Å². The summed E-state index contributed by atoms with van der Waals surface area (Å²) in [5.74, 6) is 1.52. The normalized spacial score (nSPS) is 17.9. The van der Waals surface area contributed by atoms with Crippen molar-refractivity contribution in [1.82, 2.24) is 25.9 Å². The van der Waals surface area contributed by atoms with Crippen LogP contribution < -0.4 is 10.1 Å². The zero-order valence-electron chi connectivity index (χ0n) is 14.6. The molecule has 3 aromatic rings. The van der Waals surface area contributed by atoms with Gasteiger partial charge in [0.2, 0.25) is 5.82 Å². The molecule has 1 fully saturated rings. The third kappa shape index (κ3) is 2.76. The van der Waals surface area contributed by atoms with Gasteiger partial charge in [-0.05, 0) is 47.6 Å². The van der Waals surface area contributed by atoms with Crippen LogP contribution in [0.5, 0.6) is 11.5 Å². The maximum absolute atomic E-state index is 10.5. The Morgan fingerprint density at radius 2 is 1.78 bits per heavy atom. The Morgan fingerprint density at radius 1 is 1.00 bits per heavy atom. The smallest absolute Gasteiger partial charge is 0.204 e. The van der Waals surface area contributed by atoms with E-state index in [-0.39, 0.29) is 11.4 Å². The third-order valence-corrected chi connectivity index (χ3v) is 5.24. The number of nitrogens with one attached hydrogen (secondary N) is 2. The first kappa shape index (κ1) is 16.0. The summed E-state index contributed by atoms with van der Waals surface area (Å²) in [6.07, 6.45) is 3.97. The van der Waals surface area contributed by atoms with Crippen LogP contribution in [0.2, 0.25) is 0 Å². The van der Waals surface area contributed by atoms with Gasteiger partial charge in [-0.25, -0.2) is 0 Å². The van der Waals surface area contributed by atoms with E-state index in [1.165, 1.54) is 0 Å². The highest BCUT2D eigenvalue weighted by Gasteiger charge is 2.37. The van der Waals surface area contributed by atoms with Crippen LogP contribution in [0.25, 0.3) is 17.0 Å². The Hall–Kier alpha value is -3.19. The van der Waals surface area contributed by atoms with Gasteiger partial charge in [-0.2, -0.15) is 5.21 Å². The van der Waals surface area contributed by atoms with Crippen molar-refractivity contribution in [2.45, 2.75) is 18.4 Å². The molecular formula is C20H19N5O2. The highest BCUT2D eigenvalue weighted by Crippen LogP contribution is 2.46. The summed E-state index contributed by atoms with van der Waals surface area (Å²) in [7, 11) is 0. The number of aromatic nitrogens is 4. The molecule has 0 amide bonds. The molecule has 5 rings (SSSR count). The molecule has 2 aliphatic rings. The lowest BCUT2D eigenvalue weighted by Crippen LogP contribution is -2.46. The van der Waals surface area contributed by atoms with Gasteiger partial charge in [0.15, 0.2) is 0 Å². The van der Waals surface area contributed by atoms with E-state index >= 15 is 0 Å². The van der Waals surface area contributed by atoms with E-state index in [0.29, 0.717) is 5.82 Å². The fraction of sp³-hybridized carbons (Fsp3) is 0.250. The number of benzene rings is 2. The van der Waals surface area contributed by atoms with Crippen LogP contribution in [0.4, 0.5) is 0 Å². The number of hydrogen-bond donors (Lipinski definition) is 3. The second-order valence-electron chi connectivity index (χ2n) is 6.94. The maximum Gasteiger partial charge on any atom is 0.204 e. The Labute approximate surface area is 156 Å². The molecule has 7 nitrogen and oxygen atoms in total. The van der Waals surface area contributed by atoms with Gasteiger partial charge < -0.3 is 15.2 Å². The summed E-state index contributed by atoms with van der Waals surface area (Å²) in [5.41, 5.74) is 3.30. The molecule has 0 unspecified atom stereocenters. The number of aromatic amines is 1. The number of hydrogen-bond acceptors (Lipinski definition) is 6. The van der Waals surface area contributed by atoms with E-state index in [2.05, 4.69) is 32.0 Å². The van der Waals surface area contributed by atoms with Crippen molar-refractivity contribution in [3.05, 3.63) is 59.7 Å². The largest absolute Gasteiger partial charge is 0.507 e. The number of piperidine rings is 1. The van der Waals surface area contributed by atoms with Crippen molar-refractivity contribution in [2.24, 2.45) is 0 Å². The predicted molar refractivity (Wildman–Crippen MR) is 100 cm³/mol. The Balaban J connectivity index is 1.61. The maximum atomic E-state index is 10.5. The van der Waals surface area contributed by atoms with E-state index in [4.69, 9.17) is 4.74 Å². The number of fused-ring (bicyclic) bond motifs is 1. The average molecular weight is 361 g/mol. The highest BCUT2D eigenvalue weighted by atomic mass is 16.5. The van der Waals surface area contributed by atoms with Gasteiger partial charge in [0.25, 0.3) is 0 Å². The van der Waals surface area contributed by atoms with Crippen molar-refractivity contribution < 1.29 is 9.84 Å². The second kappa shape index (κ2) is 6.21. The molecule has 0 aliphatic carbocycles. The number of nitrogens with zero attached hydrogens (tertiary/aromatic N) is 3. The first-order valence-electron chi connectivity index (χ1n) is 9.03. The van der Waals surface area contributed by atoms with Gasteiger partial charge in [-0.3, -0.25) is 0 Å². The van der Waals surface area contributed by atoms with Gasteiger partial charge >= 0.3 is 0 Å². The van der Waals surface area contributed by atoms with Crippen LogP contribution in [0.15, 0.2) is 48.5 Å². The summed E-state index contributed by atoms with van der Waals surface area (Å²) in [4.78, 5) is 0. The summed E-state index contributed by atoms with van der Waals surface area (Å²) in [5, 5.41) is 28.0. The minimum absolute atomic E-state index is 0.227. The number of ether oxygens (including phenoxy) is 1. The molecular weight excluding hydrogens is 342 g/mol. The number of tetrazole rings is 1. The zero-order chi connectivity index (χ0) is 18.3. The Kier molecular flexibility index (Phi) is 3.68. The molecule has 3 heterocycles. The van der Waals surface area contributed by atoms with Crippen LogP contribution in [0, 0.1) is 0 Å². The van der Waals surface area contributed by atoms with Gasteiger partial charge in [0, 0.05) is 18.4 Å². The monoisotopic (exact) mass is 361 g/mol. The molecule has 1 saturated heterocycles. The van der Waals surface area contributed by atoms with Crippen molar-refractivity contribution in [2.75, 3.05) is 13.1 Å². The fourth-order valence-corrected chi connectivity index (χ4v) is 3.87. The lowest BCUT2D eigenvalue weighted by atomic mass is 9.83. The topological polar surface area (TPSA) is 96.0 Å². The van der Waals surface area contributed by atoms with Crippen molar-refractivity contribution in [1.29, 1.82) is 0 Å². The van der Waals surface area contributed by atoms with Crippen LogP contribution in [-0.4, -0.2) is 44.4 Å². The molecule has 136 valence electrons. The van der Waals surface area contributed by atoms with Gasteiger partial charge in [0.1, 0.15) is 17.1 Å². The molecule has 3 N–H and O–H groups in total. The minimum Gasteiger partial charge on any atom is -0.507 e. The van der Waals surface area contributed by atoms with E-state index < -0.39 is 0 Å². The molecule has 0 atom stereocenters. The van der Waals surface area contributed by atoms with E-state index in [0.717, 1.165) is 53.9 Å². The van der Waals surface area contributed by atoms with Gasteiger partial charge in [-0.1, -0.05) is 30.3 Å². The summed E-state index contributed by atoms with van der Waals surface area (Å²) >= 11 is 0. The Bertz CT molecular complexity index is 990. The number of rotatable bonds is 2. The Morgan fingerprint density at radius 3 is 2.52 bits per heavy atom. The van der Waals surface area contributed by atoms with Crippen LogP contribution in [0.1, 0.15) is 24.0 Å². The third-order valence-electron chi connectivity index (χ3n) is 5.24. The fourth-order valence-electron chi connectivity index (χ4n) is 3.87. The number of phenols is 1. The summed E-state index contributed by atoms with van der Waals surface area (Å²) in [6, 6.07) is 13.4. The number of aromatic hydroxyl groups is 1. The van der Waals surface area contributed by atoms with Crippen molar-refractivity contribution in [3.8, 4) is 22.9 Å². The lowest BCUT2D eigenvalue weighted by molar-refractivity contribution is 0.0813. The molecule has 2 aromatic carbocycles. The molecule has 0 bridgehead atoms. The highest BCUT2D eigenvalue weighted by molar-refractivity contribution is 5.88. The average Bonchev–Trinajstić information content (AvgIpc) is 3.23. The molecule has 2 aliphatic heterocycles. The first-order valence-corrected chi connectivity index (χ1v) is 9.03. The van der Waals surface area contributed by atoms with E-state index in [1.807, 2.05) is 36.4 Å². The molecule has 1 aromatic heterocycles. The summed E-state index contributed by atoms with van der Waals surface area (Å²) < 4.78 is 6.37. The zero-order valence-corrected chi connectivity index (χ0v) is 14.6. The number of phenolic OH excluding ortho intramolecular Hbond substituents is 1. The van der Waals surface area contributed by atoms with E-state index in [9.17, 15) is 5.11 Å². The minimum atomic E-state index is -0.340. The molecule has 7 heteroatoms. The van der Waals surface area contributed by atoms with Crippen molar-refractivity contribution in [3.63, 3.8) is 0 Å². The predicted octanol–water partition coefficient (Wildman–Crippen LogP) is 2.52.